The van der Waals surface area contributed by atoms with E-state index in [9.17, 15) is 0 Å². The number of hydrogen-bond donors (Lipinski definition) is 0. The largest absolute Gasteiger partial charge is 0.220 e. The van der Waals surface area contributed by atoms with Crippen molar-refractivity contribution >= 4 is 10.8 Å². The quantitative estimate of drug-likeness (QED) is 0.412. The van der Waals surface area contributed by atoms with Crippen molar-refractivity contribution in [3.63, 3.8) is 0 Å². The average Bonchev–Trinajstić information content (AvgIpc) is 2.71. The number of pyridine rings is 1. The molecule has 1 heterocycles. The van der Waals surface area contributed by atoms with Gasteiger partial charge >= 0.3 is 0 Å². The van der Waals surface area contributed by atoms with Crippen molar-refractivity contribution in [2.45, 2.75) is 78.6 Å². The van der Waals surface area contributed by atoms with Crippen molar-refractivity contribution in [3.05, 3.63) is 64.3 Å². The molecule has 0 N–H and O–H groups in total. The Labute approximate surface area is 176 Å². The number of rotatable bonds is 3. The van der Waals surface area contributed by atoms with Gasteiger partial charge in [0.25, 0.3) is 0 Å². The Balaban J connectivity index is 1.96. The molecule has 1 aromatic heterocycles. The van der Waals surface area contributed by atoms with E-state index in [1.807, 2.05) is 0 Å². The molecule has 0 saturated heterocycles. The monoisotopic (exact) mass is 386 g/mol. The molecule has 0 atom stereocenters. The van der Waals surface area contributed by atoms with Gasteiger partial charge in [-0.05, 0) is 78.3 Å². The molecule has 1 aliphatic carbocycles. The van der Waals surface area contributed by atoms with Gasteiger partial charge in [-0.1, -0.05) is 51.3 Å². The highest BCUT2D eigenvalue weighted by Gasteiger charge is 2.24. The lowest BCUT2D eigenvalue weighted by atomic mass is 9.81. The third kappa shape index (κ3) is 3.72. The highest BCUT2D eigenvalue weighted by Crippen LogP contribution is 2.38. The SMILES string of the molecule is Cc1cc(C2CCCCC2)cc(-c2c3ccc(C(C)C)cc3cc(C)[n+]2C)c1C. The number of benzene rings is 2. The Morgan fingerprint density at radius 2 is 1.62 bits per heavy atom. The van der Waals surface area contributed by atoms with E-state index in [4.69, 9.17) is 0 Å². The van der Waals surface area contributed by atoms with Crippen LogP contribution in [0.15, 0.2) is 36.4 Å². The Morgan fingerprint density at radius 1 is 0.897 bits per heavy atom. The van der Waals surface area contributed by atoms with Gasteiger partial charge in [-0.2, -0.15) is 4.57 Å². The highest BCUT2D eigenvalue weighted by molar-refractivity contribution is 5.94. The molecular weight excluding hydrogens is 350 g/mol. The summed E-state index contributed by atoms with van der Waals surface area (Å²) < 4.78 is 2.39. The minimum Gasteiger partial charge on any atom is -0.198 e. The fourth-order valence-electron chi connectivity index (χ4n) is 5.08. The summed E-state index contributed by atoms with van der Waals surface area (Å²) in [7, 11) is 2.22. The Bertz CT molecular complexity index is 1050. The first-order valence-electron chi connectivity index (χ1n) is 11.4. The number of nitrogens with zero attached hydrogens (tertiary/aromatic N) is 1. The molecule has 0 spiro atoms. The van der Waals surface area contributed by atoms with E-state index in [0.29, 0.717) is 5.92 Å². The molecule has 0 unspecified atom stereocenters. The van der Waals surface area contributed by atoms with Crippen molar-refractivity contribution in [3.8, 4) is 11.3 Å². The summed E-state index contributed by atoms with van der Waals surface area (Å²) >= 11 is 0. The van der Waals surface area contributed by atoms with Crippen molar-refractivity contribution in [2.24, 2.45) is 7.05 Å². The normalized spacial score (nSPS) is 15.4. The molecule has 2 aromatic carbocycles. The lowest BCUT2D eigenvalue weighted by Crippen LogP contribution is -2.35. The van der Waals surface area contributed by atoms with Gasteiger partial charge < -0.3 is 0 Å². The van der Waals surface area contributed by atoms with Crippen LogP contribution >= 0.6 is 0 Å². The zero-order valence-corrected chi connectivity index (χ0v) is 19.1. The van der Waals surface area contributed by atoms with Crippen molar-refractivity contribution < 1.29 is 4.57 Å². The molecule has 1 fully saturated rings. The van der Waals surface area contributed by atoms with Crippen LogP contribution in [-0.2, 0) is 7.05 Å². The maximum Gasteiger partial charge on any atom is 0.220 e. The van der Waals surface area contributed by atoms with Gasteiger partial charge in [0.15, 0.2) is 5.69 Å². The van der Waals surface area contributed by atoms with Gasteiger partial charge in [0.2, 0.25) is 5.69 Å². The summed E-state index contributed by atoms with van der Waals surface area (Å²) in [5, 5.41) is 2.73. The fraction of sp³-hybridized carbons (Fsp3) is 0.464. The molecule has 1 nitrogen and oxygen atoms in total. The minimum atomic E-state index is 0.552. The topological polar surface area (TPSA) is 3.88 Å². The second-order valence-electron chi connectivity index (χ2n) is 9.54. The van der Waals surface area contributed by atoms with Crippen LogP contribution in [0.1, 0.15) is 85.7 Å². The van der Waals surface area contributed by atoms with Crippen LogP contribution < -0.4 is 4.57 Å². The van der Waals surface area contributed by atoms with E-state index in [2.05, 4.69) is 82.6 Å². The van der Waals surface area contributed by atoms with Gasteiger partial charge in [-0.3, -0.25) is 0 Å². The van der Waals surface area contributed by atoms with Gasteiger partial charge in [0.1, 0.15) is 7.05 Å². The summed E-state index contributed by atoms with van der Waals surface area (Å²) in [6.07, 6.45) is 6.86. The highest BCUT2D eigenvalue weighted by atomic mass is 14.9. The summed E-state index contributed by atoms with van der Waals surface area (Å²) in [6.45, 7) is 11.4. The maximum absolute atomic E-state index is 2.52. The third-order valence-electron chi connectivity index (χ3n) is 7.25. The third-order valence-corrected chi connectivity index (χ3v) is 7.25. The number of aromatic nitrogens is 1. The second-order valence-corrected chi connectivity index (χ2v) is 9.54. The number of aryl methyl sites for hydroxylation is 2. The molecule has 3 aromatic rings. The molecule has 29 heavy (non-hydrogen) atoms. The zero-order valence-electron chi connectivity index (χ0n) is 19.1. The van der Waals surface area contributed by atoms with Crippen molar-refractivity contribution in [2.75, 3.05) is 0 Å². The molecule has 0 amide bonds. The van der Waals surface area contributed by atoms with Crippen LogP contribution in [0.5, 0.6) is 0 Å². The molecule has 0 bridgehead atoms. The summed E-state index contributed by atoms with van der Waals surface area (Å²) in [5.41, 5.74) is 9.91. The van der Waals surface area contributed by atoms with Crippen LogP contribution in [0, 0.1) is 20.8 Å². The van der Waals surface area contributed by atoms with Crippen LogP contribution in [-0.4, -0.2) is 0 Å². The van der Waals surface area contributed by atoms with Gasteiger partial charge in [0.05, 0.1) is 10.9 Å². The zero-order chi connectivity index (χ0) is 20.7. The molecule has 0 radical (unpaired) electrons. The standard InChI is InChI=1S/C28H36N/c1-18(2)23-12-13-26-25(16-23)15-20(4)29(6)28(26)27-17-24(14-19(3)21(27)5)22-10-8-7-9-11-22/h12-18,22H,7-11H2,1-6H3/q+1. The maximum atomic E-state index is 2.52. The molecule has 4 rings (SSSR count). The van der Waals surface area contributed by atoms with Gasteiger partial charge in [0, 0.05) is 13.0 Å². The first-order chi connectivity index (χ1) is 13.9. The van der Waals surface area contributed by atoms with E-state index in [1.165, 1.54) is 76.5 Å². The predicted octanol–water partition coefficient (Wildman–Crippen LogP) is 7.43. The lowest BCUT2D eigenvalue weighted by Gasteiger charge is -2.24. The first kappa shape index (κ1) is 20.1. The van der Waals surface area contributed by atoms with Crippen LogP contribution in [0.2, 0.25) is 0 Å². The van der Waals surface area contributed by atoms with E-state index >= 15 is 0 Å². The van der Waals surface area contributed by atoms with Crippen LogP contribution in [0.25, 0.3) is 22.0 Å². The van der Waals surface area contributed by atoms with E-state index in [0.717, 1.165) is 5.92 Å². The Kier molecular flexibility index (Phi) is 5.51. The van der Waals surface area contributed by atoms with E-state index in [-0.39, 0.29) is 0 Å². The first-order valence-corrected chi connectivity index (χ1v) is 11.4. The fourth-order valence-corrected chi connectivity index (χ4v) is 5.08. The van der Waals surface area contributed by atoms with Crippen molar-refractivity contribution in [1.82, 2.24) is 0 Å². The predicted molar refractivity (Wildman–Crippen MR) is 125 cm³/mol. The molecule has 0 aliphatic heterocycles. The van der Waals surface area contributed by atoms with Crippen LogP contribution in [0.4, 0.5) is 0 Å². The van der Waals surface area contributed by atoms with Crippen LogP contribution in [0.3, 0.4) is 0 Å². The van der Waals surface area contributed by atoms with Gasteiger partial charge in [-0.25, -0.2) is 0 Å². The number of hydrogen-bond acceptors (Lipinski definition) is 0. The molecule has 1 heteroatoms. The smallest absolute Gasteiger partial charge is 0.198 e. The molecule has 1 aliphatic rings. The minimum absolute atomic E-state index is 0.552. The van der Waals surface area contributed by atoms with Crippen molar-refractivity contribution in [1.29, 1.82) is 0 Å². The number of fused-ring (bicyclic) bond motifs is 1. The van der Waals surface area contributed by atoms with E-state index < -0.39 is 0 Å². The molecular formula is C28H36N+. The second kappa shape index (κ2) is 7.94. The lowest BCUT2D eigenvalue weighted by molar-refractivity contribution is -0.665. The Hall–Kier alpha value is -2.15. The summed E-state index contributed by atoms with van der Waals surface area (Å²) in [6, 6.07) is 14.4. The molecule has 152 valence electrons. The molecule has 1 saturated carbocycles. The Morgan fingerprint density at radius 3 is 2.31 bits per heavy atom. The summed E-state index contributed by atoms with van der Waals surface area (Å²) in [4.78, 5) is 0. The van der Waals surface area contributed by atoms with E-state index in [1.54, 1.807) is 5.56 Å². The van der Waals surface area contributed by atoms with Gasteiger partial charge in [-0.15, -0.1) is 0 Å². The summed E-state index contributed by atoms with van der Waals surface area (Å²) in [5.74, 6) is 1.28. The average molecular weight is 387 g/mol.